The number of hydrogen-bond donors (Lipinski definition) is 2. The van der Waals surface area contributed by atoms with E-state index in [-0.39, 0.29) is 17.7 Å². The molecule has 8 nitrogen and oxygen atoms in total. The quantitative estimate of drug-likeness (QED) is 0.706. The van der Waals surface area contributed by atoms with Crippen LogP contribution in [-0.4, -0.2) is 20.9 Å². The minimum absolute atomic E-state index is 0.118. The third-order valence-corrected chi connectivity index (χ3v) is 3.99. The van der Waals surface area contributed by atoms with Gasteiger partial charge in [0, 0.05) is 29.7 Å². The van der Waals surface area contributed by atoms with Gasteiger partial charge in [0.2, 0.25) is 5.88 Å². The van der Waals surface area contributed by atoms with E-state index in [9.17, 15) is 9.59 Å². The van der Waals surface area contributed by atoms with Crippen LogP contribution in [0.3, 0.4) is 0 Å². The third kappa shape index (κ3) is 4.22. The maximum atomic E-state index is 12.5. The highest BCUT2D eigenvalue weighted by Crippen LogP contribution is 2.22. The molecule has 3 heterocycles. The summed E-state index contributed by atoms with van der Waals surface area (Å²) >= 11 is 0. The maximum absolute atomic E-state index is 12.5. The summed E-state index contributed by atoms with van der Waals surface area (Å²) in [6.07, 6.45) is 3.19. The summed E-state index contributed by atoms with van der Waals surface area (Å²) < 4.78 is 5.76. The molecule has 0 spiro atoms. The van der Waals surface area contributed by atoms with Gasteiger partial charge in [-0.15, -0.1) is 0 Å². The van der Waals surface area contributed by atoms with Gasteiger partial charge in [-0.3, -0.25) is 14.6 Å². The summed E-state index contributed by atoms with van der Waals surface area (Å²) in [6, 6.07) is 10.2. The zero-order chi connectivity index (χ0) is 20.1. The predicted molar refractivity (Wildman–Crippen MR) is 101 cm³/mol. The summed E-state index contributed by atoms with van der Waals surface area (Å²) in [4.78, 5) is 35.0. The number of nitrogens with one attached hydrogen (secondary N) is 2. The number of carbonyl (C=O) groups is 1. The molecule has 28 heavy (non-hydrogen) atoms. The molecule has 0 atom stereocenters. The molecule has 1 amide bonds. The number of aryl methyl sites for hydroxylation is 2. The first-order chi connectivity index (χ1) is 13.5. The number of pyridine rings is 3. The summed E-state index contributed by atoms with van der Waals surface area (Å²) in [5.74, 6) is 0.466. The van der Waals surface area contributed by atoms with Crippen molar-refractivity contribution in [2.75, 3.05) is 0 Å². The summed E-state index contributed by atoms with van der Waals surface area (Å²) in [5.41, 5.74) is 1.51. The number of nitriles is 1. The van der Waals surface area contributed by atoms with E-state index >= 15 is 0 Å². The van der Waals surface area contributed by atoms with Crippen molar-refractivity contribution in [3.05, 3.63) is 81.2 Å². The van der Waals surface area contributed by atoms with Gasteiger partial charge < -0.3 is 15.0 Å². The third-order valence-electron chi connectivity index (χ3n) is 3.99. The molecule has 2 N–H and O–H groups in total. The Morgan fingerprint density at radius 2 is 2.11 bits per heavy atom. The smallest absolute Gasteiger partial charge is 0.266 e. The van der Waals surface area contributed by atoms with Crippen LogP contribution in [0.25, 0.3) is 0 Å². The van der Waals surface area contributed by atoms with Crippen molar-refractivity contribution >= 4 is 5.91 Å². The Kier molecular flexibility index (Phi) is 5.46. The Morgan fingerprint density at radius 1 is 1.29 bits per heavy atom. The van der Waals surface area contributed by atoms with Crippen molar-refractivity contribution in [2.24, 2.45) is 0 Å². The largest absolute Gasteiger partial charge is 0.437 e. The number of aromatic nitrogens is 3. The zero-order valence-corrected chi connectivity index (χ0v) is 15.3. The lowest BCUT2D eigenvalue weighted by molar-refractivity contribution is 0.0949. The van der Waals surface area contributed by atoms with Crippen LogP contribution in [0.2, 0.25) is 0 Å². The first-order valence-corrected chi connectivity index (χ1v) is 8.44. The number of carbonyl (C=O) groups excluding carboxylic acids is 1. The number of nitrogens with zero attached hydrogens (tertiary/aromatic N) is 3. The van der Waals surface area contributed by atoms with E-state index in [0.29, 0.717) is 22.9 Å². The monoisotopic (exact) mass is 375 g/mol. The average Bonchev–Trinajstić information content (AvgIpc) is 2.69. The number of ether oxygens (including phenoxy) is 1. The average molecular weight is 375 g/mol. The molecule has 0 fully saturated rings. The van der Waals surface area contributed by atoms with Crippen molar-refractivity contribution in [3.63, 3.8) is 0 Å². The van der Waals surface area contributed by atoms with Crippen molar-refractivity contribution in [1.82, 2.24) is 20.3 Å². The number of H-pyrrole nitrogens is 1. The van der Waals surface area contributed by atoms with Crippen molar-refractivity contribution < 1.29 is 9.53 Å². The Hall–Kier alpha value is -3.99. The lowest BCUT2D eigenvalue weighted by atomic mass is 10.1. The zero-order valence-electron chi connectivity index (χ0n) is 15.3. The SMILES string of the molecule is Cc1ccc(Oc2ncccc2CNC(=O)c2cc(C#N)c(=O)[nH]c2C)cn1. The van der Waals surface area contributed by atoms with Crippen LogP contribution < -0.4 is 15.6 Å². The fourth-order valence-electron chi connectivity index (χ4n) is 2.49. The van der Waals surface area contributed by atoms with Crippen LogP contribution in [0.5, 0.6) is 11.6 Å². The van der Waals surface area contributed by atoms with E-state index in [1.165, 1.54) is 6.07 Å². The fourth-order valence-corrected chi connectivity index (χ4v) is 2.49. The molecule has 0 aromatic carbocycles. The molecule has 0 aliphatic heterocycles. The van der Waals surface area contributed by atoms with Crippen molar-refractivity contribution in [2.45, 2.75) is 20.4 Å². The second-order valence-corrected chi connectivity index (χ2v) is 6.05. The highest BCUT2D eigenvalue weighted by Gasteiger charge is 2.14. The van der Waals surface area contributed by atoms with E-state index in [2.05, 4.69) is 20.3 Å². The van der Waals surface area contributed by atoms with Crippen LogP contribution in [0.4, 0.5) is 0 Å². The van der Waals surface area contributed by atoms with Gasteiger partial charge in [-0.25, -0.2) is 4.98 Å². The lowest BCUT2D eigenvalue weighted by Gasteiger charge is -2.11. The molecule has 3 rings (SSSR count). The second-order valence-electron chi connectivity index (χ2n) is 6.05. The second kappa shape index (κ2) is 8.14. The molecule has 140 valence electrons. The normalized spacial score (nSPS) is 10.2. The number of amides is 1. The Balaban J connectivity index is 1.76. The summed E-state index contributed by atoms with van der Waals surface area (Å²) in [6.45, 7) is 3.63. The highest BCUT2D eigenvalue weighted by atomic mass is 16.5. The molecule has 8 heteroatoms. The van der Waals surface area contributed by atoms with Gasteiger partial charge >= 0.3 is 0 Å². The minimum Gasteiger partial charge on any atom is -0.437 e. The van der Waals surface area contributed by atoms with Crippen molar-refractivity contribution in [3.8, 4) is 17.7 Å². The lowest BCUT2D eigenvalue weighted by Crippen LogP contribution is -2.26. The number of rotatable bonds is 5. The number of hydrogen-bond acceptors (Lipinski definition) is 6. The van der Waals surface area contributed by atoms with Gasteiger partial charge in [-0.1, -0.05) is 6.07 Å². The highest BCUT2D eigenvalue weighted by molar-refractivity contribution is 5.95. The molecule has 0 saturated heterocycles. The Morgan fingerprint density at radius 3 is 2.82 bits per heavy atom. The molecule has 0 radical (unpaired) electrons. The Bertz CT molecular complexity index is 1110. The predicted octanol–water partition coefficient (Wildman–Crippen LogP) is 2.38. The van der Waals surface area contributed by atoms with E-state index in [0.717, 1.165) is 5.69 Å². The van der Waals surface area contributed by atoms with Crippen LogP contribution in [0, 0.1) is 25.2 Å². The summed E-state index contributed by atoms with van der Waals surface area (Å²) in [5, 5.41) is 11.7. The minimum atomic E-state index is -0.522. The first-order valence-electron chi connectivity index (χ1n) is 8.44. The molecule has 0 unspecified atom stereocenters. The van der Waals surface area contributed by atoms with E-state index in [1.54, 1.807) is 43.6 Å². The Labute approximate surface area is 160 Å². The van der Waals surface area contributed by atoms with Gasteiger partial charge in [0.1, 0.15) is 17.4 Å². The number of aromatic amines is 1. The molecule has 3 aromatic heterocycles. The van der Waals surface area contributed by atoms with Gasteiger partial charge in [0.25, 0.3) is 11.5 Å². The van der Waals surface area contributed by atoms with E-state index in [4.69, 9.17) is 10.00 Å². The van der Waals surface area contributed by atoms with Crippen molar-refractivity contribution in [1.29, 1.82) is 5.26 Å². The molecular formula is C20H17N5O3. The van der Waals surface area contributed by atoms with Gasteiger partial charge in [-0.2, -0.15) is 5.26 Å². The molecule has 0 saturated carbocycles. The standard InChI is InChI=1S/C20H17N5O3/c1-12-5-6-16(11-23-12)28-20-14(4-3-7-22-20)10-24-19(27)17-8-15(9-21)18(26)25-13(17)2/h3-8,11H,10H2,1-2H3,(H,24,27)(H,25,26). The molecule has 0 bridgehead atoms. The topological polar surface area (TPSA) is 121 Å². The van der Waals surface area contributed by atoms with Crippen LogP contribution in [0.15, 0.2) is 47.5 Å². The van der Waals surface area contributed by atoms with Gasteiger partial charge in [0.05, 0.1) is 11.8 Å². The molecular weight excluding hydrogens is 358 g/mol. The van der Waals surface area contributed by atoms with Crippen LogP contribution in [-0.2, 0) is 6.54 Å². The van der Waals surface area contributed by atoms with Gasteiger partial charge in [0.15, 0.2) is 0 Å². The van der Waals surface area contributed by atoms with E-state index in [1.807, 2.05) is 13.0 Å². The van der Waals surface area contributed by atoms with Crippen LogP contribution in [0.1, 0.15) is 32.9 Å². The molecule has 3 aromatic rings. The fraction of sp³-hybridized carbons (Fsp3) is 0.150. The first kappa shape index (κ1) is 18.8. The maximum Gasteiger partial charge on any atom is 0.266 e. The van der Waals surface area contributed by atoms with Gasteiger partial charge in [-0.05, 0) is 38.1 Å². The van der Waals surface area contributed by atoms with E-state index < -0.39 is 11.5 Å². The summed E-state index contributed by atoms with van der Waals surface area (Å²) in [7, 11) is 0. The molecule has 0 aliphatic rings. The van der Waals surface area contributed by atoms with Crippen LogP contribution >= 0.6 is 0 Å². The molecule has 0 aliphatic carbocycles.